The summed E-state index contributed by atoms with van der Waals surface area (Å²) >= 11 is 0. The number of fused-ring (bicyclic) bond motifs is 1. The van der Waals surface area contributed by atoms with E-state index in [0.717, 1.165) is 16.8 Å². The summed E-state index contributed by atoms with van der Waals surface area (Å²) < 4.78 is 0. The summed E-state index contributed by atoms with van der Waals surface area (Å²) in [5, 5.41) is 0. The van der Waals surface area contributed by atoms with Gasteiger partial charge >= 0.3 is 0 Å². The summed E-state index contributed by atoms with van der Waals surface area (Å²) in [4.78, 5) is 15.2. The molecule has 3 aromatic carbocycles. The summed E-state index contributed by atoms with van der Waals surface area (Å²) in [6, 6.07) is 28.6. The lowest BCUT2D eigenvalue weighted by molar-refractivity contribution is -0.118. The standard InChI is InChI=1S/C25H23NO/c1-18-17-22-15-9-10-16-23(22)26(24(18)20-11-5-3-6-12-20)25(19(2)27)21-13-7-4-8-14-21/h3-17,24-25H,1-2H3/t24-,25-/m1/s1. The Balaban J connectivity index is 1.94. The molecule has 1 aliphatic heterocycles. The molecule has 2 heteroatoms. The number of carbonyl (C=O) groups is 1. The SMILES string of the molecule is CC(=O)[C@H](c1ccccc1)N1c2ccccc2C=C(C)[C@@H]1c1ccccc1. The molecular formula is C25H23NO. The molecule has 0 aromatic heterocycles. The molecule has 0 bridgehead atoms. The maximum absolute atomic E-state index is 12.9. The van der Waals surface area contributed by atoms with Crippen LogP contribution in [0.2, 0.25) is 0 Å². The monoisotopic (exact) mass is 353 g/mol. The zero-order chi connectivity index (χ0) is 18.8. The van der Waals surface area contributed by atoms with Crippen LogP contribution in [-0.4, -0.2) is 5.78 Å². The lowest BCUT2D eigenvalue weighted by atomic mass is 9.87. The quantitative estimate of drug-likeness (QED) is 0.575. The molecule has 2 atom stereocenters. The second-order valence-electron chi connectivity index (χ2n) is 7.09. The molecule has 0 saturated carbocycles. The van der Waals surface area contributed by atoms with Gasteiger partial charge in [0.05, 0.1) is 6.04 Å². The van der Waals surface area contributed by atoms with Crippen LogP contribution in [0.4, 0.5) is 5.69 Å². The van der Waals surface area contributed by atoms with Crippen LogP contribution in [0, 0.1) is 0 Å². The molecule has 2 nitrogen and oxygen atoms in total. The molecule has 0 saturated heterocycles. The second-order valence-corrected chi connectivity index (χ2v) is 7.09. The number of nitrogens with zero attached hydrogens (tertiary/aromatic N) is 1. The fourth-order valence-corrected chi connectivity index (χ4v) is 4.10. The Morgan fingerprint density at radius 3 is 2.11 bits per heavy atom. The number of para-hydroxylation sites is 1. The Morgan fingerprint density at radius 1 is 0.852 bits per heavy atom. The van der Waals surface area contributed by atoms with E-state index < -0.39 is 0 Å². The third kappa shape index (κ3) is 3.19. The molecule has 0 spiro atoms. The van der Waals surface area contributed by atoms with Gasteiger partial charge in [-0.25, -0.2) is 0 Å². The molecule has 0 amide bonds. The Morgan fingerprint density at radius 2 is 1.44 bits per heavy atom. The van der Waals surface area contributed by atoms with Crippen LogP contribution >= 0.6 is 0 Å². The van der Waals surface area contributed by atoms with E-state index in [4.69, 9.17) is 0 Å². The van der Waals surface area contributed by atoms with E-state index in [0.29, 0.717) is 0 Å². The van der Waals surface area contributed by atoms with Crippen LogP contribution in [0.5, 0.6) is 0 Å². The Hall–Kier alpha value is -3.13. The van der Waals surface area contributed by atoms with Crippen molar-refractivity contribution in [1.82, 2.24) is 0 Å². The van der Waals surface area contributed by atoms with Gasteiger partial charge in [-0.1, -0.05) is 84.9 Å². The van der Waals surface area contributed by atoms with Crippen molar-refractivity contribution in [3.8, 4) is 0 Å². The number of hydrogen-bond acceptors (Lipinski definition) is 2. The molecule has 3 aromatic rings. The normalized spacial score (nSPS) is 17.0. The van der Waals surface area contributed by atoms with Gasteiger partial charge in [0.2, 0.25) is 0 Å². The van der Waals surface area contributed by atoms with E-state index in [2.05, 4.69) is 60.4 Å². The predicted molar refractivity (Wildman–Crippen MR) is 112 cm³/mol. The molecule has 27 heavy (non-hydrogen) atoms. The topological polar surface area (TPSA) is 20.3 Å². The van der Waals surface area contributed by atoms with Crippen LogP contribution in [0.25, 0.3) is 6.08 Å². The molecule has 1 aliphatic rings. The summed E-state index contributed by atoms with van der Waals surface area (Å²) in [6.07, 6.45) is 2.24. The zero-order valence-corrected chi connectivity index (χ0v) is 15.7. The maximum atomic E-state index is 12.9. The molecule has 0 aliphatic carbocycles. The minimum Gasteiger partial charge on any atom is -0.346 e. The minimum atomic E-state index is -0.332. The van der Waals surface area contributed by atoms with Crippen molar-refractivity contribution in [3.05, 3.63) is 107 Å². The van der Waals surface area contributed by atoms with Gasteiger partial charge in [0.15, 0.2) is 5.78 Å². The zero-order valence-electron chi connectivity index (χ0n) is 15.7. The first-order valence-corrected chi connectivity index (χ1v) is 9.32. The summed E-state index contributed by atoms with van der Waals surface area (Å²) in [5.74, 6) is 0.145. The van der Waals surface area contributed by atoms with Crippen molar-refractivity contribution in [2.24, 2.45) is 0 Å². The molecular weight excluding hydrogens is 330 g/mol. The van der Waals surface area contributed by atoms with E-state index in [1.54, 1.807) is 6.92 Å². The van der Waals surface area contributed by atoms with Crippen molar-refractivity contribution in [2.75, 3.05) is 4.90 Å². The first kappa shape index (κ1) is 17.3. The van der Waals surface area contributed by atoms with Crippen LogP contribution in [-0.2, 0) is 4.79 Å². The Kier molecular flexibility index (Phi) is 4.64. The van der Waals surface area contributed by atoms with E-state index in [-0.39, 0.29) is 17.9 Å². The maximum Gasteiger partial charge on any atom is 0.156 e. The van der Waals surface area contributed by atoms with E-state index in [1.165, 1.54) is 11.1 Å². The van der Waals surface area contributed by atoms with Gasteiger partial charge in [-0.3, -0.25) is 4.79 Å². The van der Waals surface area contributed by atoms with Crippen LogP contribution in [0.1, 0.15) is 42.6 Å². The van der Waals surface area contributed by atoms with E-state index in [9.17, 15) is 4.79 Å². The van der Waals surface area contributed by atoms with Gasteiger partial charge in [0, 0.05) is 5.69 Å². The smallest absolute Gasteiger partial charge is 0.156 e. The molecule has 1 heterocycles. The van der Waals surface area contributed by atoms with E-state index in [1.807, 2.05) is 42.5 Å². The highest BCUT2D eigenvalue weighted by molar-refractivity contribution is 5.89. The minimum absolute atomic E-state index is 0.0233. The average Bonchev–Trinajstić information content (AvgIpc) is 2.69. The highest BCUT2D eigenvalue weighted by Gasteiger charge is 2.35. The molecule has 4 rings (SSSR count). The average molecular weight is 353 g/mol. The molecule has 0 N–H and O–H groups in total. The van der Waals surface area contributed by atoms with Crippen LogP contribution in [0.3, 0.4) is 0 Å². The highest BCUT2D eigenvalue weighted by atomic mass is 16.1. The fraction of sp³-hybridized carbons (Fsp3) is 0.160. The number of hydrogen-bond donors (Lipinski definition) is 0. The lowest BCUT2D eigenvalue weighted by Gasteiger charge is -2.43. The number of carbonyl (C=O) groups excluding carboxylic acids is 1. The van der Waals surface area contributed by atoms with Crippen molar-refractivity contribution in [2.45, 2.75) is 25.9 Å². The lowest BCUT2D eigenvalue weighted by Crippen LogP contribution is -2.39. The number of ketones is 1. The van der Waals surface area contributed by atoms with Crippen LogP contribution in [0.15, 0.2) is 90.5 Å². The number of rotatable bonds is 4. The second kappa shape index (κ2) is 7.24. The van der Waals surface area contributed by atoms with Crippen molar-refractivity contribution in [1.29, 1.82) is 0 Å². The van der Waals surface area contributed by atoms with Crippen molar-refractivity contribution in [3.63, 3.8) is 0 Å². The van der Waals surface area contributed by atoms with Gasteiger partial charge in [-0.2, -0.15) is 0 Å². The van der Waals surface area contributed by atoms with Crippen molar-refractivity contribution >= 4 is 17.5 Å². The Labute approximate surface area is 160 Å². The molecule has 134 valence electrons. The van der Waals surface area contributed by atoms with Crippen molar-refractivity contribution < 1.29 is 4.79 Å². The summed E-state index contributed by atoms with van der Waals surface area (Å²) in [7, 11) is 0. The third-order valence-corrected chi connectivity index (χ3v) is 5.20. The van der Waals surface area contributed by atoms with E-state index >= 15 is 0 Å². The van der Waals surface area contributed by atoms with Gasteiger partial charge in [-0.15, -0.1) is 0 Å². The van der Waals surface area contributed by atoms with Gasteiger partial charge in [0.25, 0.3) is 0 Å². The fourth-order valence-electron chi connectivity index (χ4n) is 4.10. The first-order chi connectivity index (χ1) is 13.2. The largest absolute Gasteiger partial charge is 0.346 e. The van der Waals surface area contributed by atoms with Gasteiger partial charge in [-0.05, 0) is 42.2 Å². The highest BCUT2D eigenvalue weighted by Crippen LogP contribution is 2.45. The summed E-state index contributed by atoms with van der Waals surface area (Å²) in [5.41, 5.74) is 5.71. The Bertz CT molecular complexity index is 975. The molecule has 0 radical (unpaired) electrons. The summed E-state index contributed by atoms with van der Waals surface area (Å²) in [6.45, 7) is 3.85. The predicted octanol–water partition coefficient (Wildman–Crippen LogP) is 5.98. The first-order valence-electron chi connectivity index (χ1n) is 9.32. The number of anilines is 1. The van der Waals surface area contributed by atoms with Crippen LogP contribution < -0.4 is 4.90 Å². The third-order valence-electron chi connectivity index (χ3n) is 5.20. The number of Topliss-reactive ketones (excluding diaryl/α,β-unsaturated/α-hetero) is 1. The van der Waals surface area contributed by atoms with Gasteiger partial charge in [0.1, 0.15) is 6.04 Å². The molecule has 0 fully saturated rings. The number of benzene rings is 3. The molecule has 0 unspecified atom stereocenters. The van der Waals surface area contributed by atoms with Gasteiger partial charge < -0.3 is 4.90 Å².